The zero-order valence-corrected chi connectivity index (χ0v) is 7.45. The van der Waals surface area contributed by atoms with Gasteiger partial charge in [0.1, 0.15) is 0 Å². The van der Waals surface area contributed by atoms with Gasteiger partial charge in [-0.1, -0.05) is 19.3 Å². The molecule has 1 saturated carbocycles. The van der Waals surface area contributed by atoms with Crippen LogP contribution in [0.25, 0.3) is 0 Å². The second kappa shape index (κ2) is 4.24. The van der Waals surface area contributed by atoms with Crippen molar-refractivity contribution in [3.63, 3.8) is 0 Å². The molecular weight excluding hydrogens is 154 g/mol. The zero-order chi connectivity index (χ0) is 8.97. The SMILES string of the molecule is CN(CCC1CCC1)C(=O)C=O. The molecule has 0 unspecified atom stereocenters. The molecule has 3 nitrogen and oxygen atoms in total. The minimum Gasteiger partial charge on any atom is -0.339 e. The summed E-state index contributed by atoms with van der Waals surface area (Å²) in [6.07, 6.45) is 5.35. The first-order valence-electron chi connectivity index (χ1n) is 4.44. The topological polar surface area (TPSA) is 37.4 Å². The molecule has 1 fully saturated rings. The molecule has 3 heteroatoms. The summed E-state index contributed by atoms with van der Waals surface area (Å²) >= 11 is 0. The van der Waals surface area contributed by atoms with Crippen molar-refractivity contribution in [1.29, 1.82) is 0 Å². The molecule has 0 aromatic rings. The lowest BCUT2D eigenvalue weighted by Crippen LogP contribution is -2.30. The number of hydrogen-bond acceptors (Lipinski definition) is 2. The van der Waals surface area contributed by atoms with Gasteiger partial charge in [0.15, 0.2) is 0 Å². The molecule has 0 N–H and O–H groups in total. The average Bonchev–Trinajstić information content (AvgIpc) is 2.00. The highest BCUT2D eigenvalue weighted by Gasteiger charge is 2.18. The number of nitrogens with zero attached hydrogens (tertiary/aromatic N) is 1. The molecule has 0 heterocycles. The van der Waals surface area contributed by atoms with Crippen LogP contribution < -0.4 is 0 Å². The second-order valence-corrected chi connectivity index (χ2v) is 3.46. The molecule has 1 rings (SSSR count). The second-order valence-electron chi connectivity index (χ2n) is 3.46. The zero-order valence-electron chi connectivity index (χ0n) is 7.45. The van der Waals surface area contributed by atoms with E-state index < -0.39 is 5.91 Å². The van der Waals surface area contributed by atoms with Gasteiger partial charge in [0, 0.05) is 13.6 Å². The molecule has 0 spiro atoms. The maximum Gasteiger partial charge on any atom is 0.286 e. The fourth-order valence-corrected chi connectivity index (χ4v) is 1.36. The fourth-order valence-electron chi connectivity index (χ4n) is 1.36. The van der Waals surface area contributed by atoms with E-state index in [9.17, 15) is 9.59 Å². The normalized spacial score (nSPS) is 16.8. The molecule has 0 atom stereocenters. The van der Waals surface area contributed by atoms with Crippen molar-refractivity contribution in [2.24, 2.45) is 5.92 Å². The third-order valence-electron chi connectivity index (χ3n) is 2.57. The van der Waals surface area contributed by atoms with Gasteiger partial charge in [0.2, 0.25) is 6.29 Å². The summed E-state index contributed by atoms with van der Waals surface area (Å²) in [6.45, 7) is 0.724. The largest absolute Gasteiger partial charge is 0.339 e. The Bertz CT molecular complexity index is 175. The molecule has 0 saturated heterocycles. The maximum atomic E-state index is 10.8. The Hall–Kier alpha value is -0.860. The van der Waals surface area contributed by atoms with E-state index in [1.54, 1.807) is 7.05 Å². The summed E-state index contributed by atoms with van der Waals surface area (Å²) < 4.78 is 0. The van der Waals surface area contributed by atoms with E-state index in [-0.39, 0.29) is 0 Å². The van der Waals surface area contributed by atoms with Gasteiger partial charge in [-0.3, -0.25) is 9.59 Å². The average molecular weight is 169 g/mol. The van der Waals surface area contributed by atoms with Crippen LogP contribution in [0.1, 0.15) is 25.7 Å². The number of carbonyl (C=O) groups is 2. The van der Waals surface area contributed by atoms with Crippen molar-refractivity contribution < 1.29 is 9.59 Å². The molecule has 0 bridgehead atoms. The molecular formula is C9H15NO2. The number of aldehydes is 1. The smallest absolute Gasteiger partial charge is 0.286 e. The van der Waals surface area contributed by atoms with Crippen molar-refractivity contribution >= 4 is 12.2 Å². The quantitative estimate of drug-likeness (QED) is 0.462. The van der Waals surface area contributed by atoms with E-state index in [0.717, 1.165) is 18.9 Å². The molecule has 0 aromatic carbocycles. The lowest BCUT2D eigenvalue weighted by Gasteiger charge is -2.27. The third-order valence-corrected chi connectivity index (χ3v) is 2.57. The van der Waals surface area contributed by atoms with Crippen LogP contribution >= 0.6 is 0 Å². The molecule has 68 valence electrons. The Balaban J connectivity index is 2.12. The van der Waals surface area contributed by atoms with Crippen LogP contribution in [-0.4, -0.2) is 30.7 Å². The molecule has 12 heavy (non-hydrogen) atoms. The lowest BCUT2D eigenvalue weighted by atomic mass is 9.83. The van der Waals surface area contributed by atoms with Crippen LogP contribution in [0, 0.1) is 5.92 Å². The highest BCUT2D eigenvalue weighted by atomic mass is 16.2. The Labute approximate surface area is 72.7 Å². The number of hydrogen-bond donors (Lipinski definition) is 0. The fraction of sp³-hybridized carbons (Fsp3) is 0.778. The van der Waals surface area contributed by atoms with Crippen LogP contribution in [0.4, 0.5) is 0 Å². The van der Waals surface area contributed by atoms with E-state index in [1.807, 2.05) is 0 Å². The first kappa shape index (κ1) is 9.23. The maximum absolute atomic E-state index is 10.8. The third kappa shape index (κ3) is 2.32. The highest BCUT2D eigenvalue weighted by molar-refractivity contribution is 6.23. The first-order chi connectivity index (χ1) is 5.74. The lowest BCUT2D eigenvalue weighted by molar-refractivity contribution is -0.137. The van der Waals surface area contributed by atoms with Gasteiger partial charge in [0.05, 0.1) is 0 Å². The Morgan fingerprint density at radius 1 is 1.58 bits per heavy atom. The Morgan fingerprint density at radius 2 is 2.25 bits per heavy atom. The van der Waals surface area contributed by atoms with Gasteiger partial charge in [0.25, 0.3) is 5.91 Å². The summed E-state index contributed by atoms with van der Waals surface area (Å²) in [5.74, 6) is 0.390. The summed E-state index contributed by atoms with van der Waals surface area (Å²) in [4.78, 5) is 22.4. The van der Waals surface area contributed by atoms with Crippen LogP contribution in [0.3, 0.4) is 0 Å². The van der Waals surface area contributed by atoms with E-state index in [2.05, 4.69) is 0 Å². The number of likely N-dealkylation sites (N-methyl/N-ethyl adjacent to an activating group) is 1. The van der Waals surface area contributed by atoms with Crippen molar-refractivity contribution in [3.05, 3.63) is 0 Å². The van der Waals surface area contributed by atoms with Crippen molar-refractivity contribution in [2.45, 2.75) is 25.7 Å². The minimum absolute atomic E-state index is 0.376. The van der Waals surface area contributed by atoms with Crippen molar-refractivity contribution in [3.8, 4) is 0 Å². The van der Waals surface area contributed by atoms with Crippen LogP contribution in [-0.2, 0) is 9.59 Å². The first-order valence-corrected chi connectivity index (χ1v) is 4.44. The van der Waals surface area contributed by atoms with Gasteiger partial charge in [-0.05, 0) is 12.3 Å². The van der Waals surface area contributed by atoms with Gasteiger partial charge >= 0.3 is 0 Å². The predicted octanol–water partition coefficient (Wildman–Crippen LogP) is 0.834. The summed E-state index contributed by atoms with van der Waals surface area (Å²) in [6, 6.07) is 0. The number of rotatable bonds is 4. The molecule has 1 amide bonds. The van der Waals surface area contributed by atoms with Crippen molar-refractivity contribution in [1.82, 2.24) is 4.90 Å². The highest BCUT2D eigenvalue weighted by Crippen LogP contribution is 2.29. The Morgan fingerprint density at radius 3 is 2.67 bits per heavy atom. The molecule has 1 aliphatic rings. The van der Waals surface area contributed by atoms with Gasteiger partial charge < -0.3 is 4.90 Å². The minimum atomic E-state index is -0.408. The van der Waals surface area contributed by atoms with Crippen LogP contribution in [0.15, 0.2) is 0 Å². The van der Waals surface area contributed by atoms with Crippen molar-refractivity contribution in [2.75, 3.05) is 13.6 Å². The predicted molar refractivity (Wildman–Crippen MR) is 45.7 cm³/mol. The van der Waals surface area contributed by atoms with E-state index in [0.29, 0.717) is 6.29 Å². The number of carbonyl (C=O) groups excluding carboxylic acids is 2. The molecule has 0 aromatic heterocycles. The van der Waals surface area contributed by atoms with E-state index in [1.165, 1.54) is 24.2 Å². The summed E-state index contributed by atoms with van der Waals surface area (Å²) in [5.41, 5.74) is 0. The van der Waals surface area contributed by atoms with Gasteiger partial charge in [-0.25, -0.2) is 0 Å². The van der Waals surface area contributed by atoms with Crippen LogP contribution in [0.2, 0.25) is 0 Å². The van der Waals surface area contributed by atoms with Gasteiger partial charge in [-0.2, -0.15) is 0 Å². The number of amides is 1. The van der Waals surface area contributed by atoms with E-state index >= 15 is 0 Å². The molecule has 0 radical (unpaired) electrons. The standard InChI is InChI=1S/C9H15NO2/c1-10(9(12)7-11)6-5-8-3-2-4-8/h7-8H,2-6H2,1H3. The Kier molecular flexibility index (Phi) is 3.26. The molecule has 0 aliphatic heterocycles. The van der Waals surface area contributed by atoms with E-state index in [4.69, 9.17) is 0 Å². The van der Waals surface area contributed by atoms with Gasteiger partial charge in [-0.15, -0.1) is 0 Å². The van der Waals surface area contributed by atoms with Crippen LogP contribution in [0.5, 0.6) is 0 Å². The summed E-state index contributed by atoms with van der Waals surface area (Å²) in [5, 5.41) is 0. The molecule has 1 aliphatic carbocycles. The summed E-state index contributed by atoms with van der Waals surface area (Å²) in [7, 11) is 1.68. The monoisotopic (exact) mass is 169 g/mol.